The molecule has 2 amide bonds. The number of carbonyl (C=O) groups excluding carboxylic acids is 2. The Kier molecular flexibility index (Phi) is 10.1. The van der Waals surface area contributed by atoms with E-state index in [0.29, 0.717) is 30.0 Å². The van der Waals surface area contributed by atoms with Crippen LogP contribution in [0.3, 0.4) is 0 Å². The van der Waals surface area contributed by atoms with Crippen LogP contribution >= 0.6 is 0 Å². The molecule has 0 spiro atoms. The maximum absolute atomic E-state index is 15.0. The summed E-state index contributed by atoms with van der Waals surface area (Å²) in [4.78, 5) is 35.9. The summed E-state index contributed by atoms with van der Waals surface area (Å²) in [6.07, 6.45) is 4.74. The third-order valence-corrected chi connectivity index (χ3v) is 6.81. The van der Waals surface area contributed by atoms with Gasteiger partial charge in [0.25, 0.3) is 0 Å². The molecule has 4 rings (SSSR count). The van der Waals surface area contributed by atoms with Crippen molar-refractivity contribution in [2.75, 3.05) is 11.9 Å². The number of imidazole rings is 1. The Morgan fingerprint density at radius 2 is 1.71 bits per heavy atom. The number of fused-ring (bicyclic) bond motifs is 1. The lowest BCUT2D eigenvalue weighted by Gasteiger charge is -2.12. The molecule has 2 heterocycles. The van der Waals surface area contributed by atoms with E-state index < -0.39 is 17.5 Å². The van der Waals surface area contributed by atoms with E-state index in [1.165, 1.54) is 6.07 Å². The molecule has 10 nitrogen and oxygen atoms in total. The number of benzene rings is 2. The van der Waals surface area contributed by atoms with Crippen molar-refractivity contribution in [3.8, 4) is 11.3 Å². The molecule has 0 aliphatic heterocycles. The Morgan fingerprint density at radius 1 is 0.976 bits per heavy atom. The topological polar surface area (TPSA) is 134 Å². The summed E-state index contributed by atoms with van der Waals surface area (Å²) in [6, 6.07) is 10.1. The van der Waals surface area contributed by atoms with Crippen LogP contribution in [0.4, 0.5) is 20.4 Å². The summed E-state index contributed by atoms with van der Waals surface area (Å²) in [7, 11) is 0. The molecule has 0 saturated heterocycles. The molecule has 2 aromatic carbocycles. The minimum absolute atomic E-state index is 0.0357. The highest BCUT2D eigenvalue weighted by Crippen LogP contribution is 2.30. The lowest BCUT2D eigenvalue weighted by Crippen LogP contribution is -2.26. The van der Waals surface area contributed by atoms with Gasteiger partial charge in [0.05, 0.1) is 18.1 Å². The first kappa shape index (κ1) is 30.5. The first-order valence-electron chi connectivity index (χ1n) is 13.9. The SMILES string of the molecule is Cc1nc2c(F)cc(-c3nc(Nc4ccc(CC(=O)NCCCCCCC(=O)NO)cc4)ncc3F)cc2n1C(C)C. The van der Waals surface area contributed by atoms with Gasteiger partial charge in [0.15, 0.2) is 11.6 Å². The normalized spacial score (nSPS) is 11.2. The number of hydroxylamine groups is 1. The van der Waals surface area contributed by atoms with Gasteiger partial charge in [0.2, 0.25) is 17.8 Å². The highest BCUT2D eigenvalue weighted by Gasteiger charge is 2.18. The van der Waals surface area contributed by atoms with Gasteiger partial charge in [-0.25, -0.2) is 29.2 Å². The van der Waals surface area contributed by atoms with Crippen molar-refractivity contribution >= 4 is 34.5 Å². The first-order valence-corrected chi connectivity index (χ1v) is 13.9. The highest BCUT2D eigenvalue weighted by atomic mass is 19.1. The number of unbranched alkanes of at least 4 members (excludes halogenated alkanes) is 3. The Hall–Kier alpha value is -4.45. The van der Waals surface area contributed by atoms with E-state index in [1.54, 1.807) is 42.7 Å². The van der Waals surface area contributed by atoms with Crippen LogP contribution < -0.4 is 16.1 Å². The molecule has 42 heavy (non-hydrogen) atoms. The van der Waals surface area contributed by atoms with Gasteiger partial charge in [-0.3, -0.25) is 14.8 Å². The van der Waals surface area contributed by atoms with Gasteiger partial charge in [-0.1, -0.05) is 25.0 Å². The fourth-order valence-electron chi connectivity index (χ4n) is 4.82. The molecule has 0 unspecified atom stereocenters. The van der Waals surface area contributed by atoms with E-state index in [9.17, 15) is 18.4 Å². The molecule has 0 aliphatic rings. The average molecular weight is 580 g/mol. The zero-order valence-electron chi connectivity index (χ0n) is 23.9. The molecule has 2 aromatic heterocycles. The van der Waals surface area contributed by atoms with Crippen molar-refractivity contribution in [2.24, 2.45) is 0 Å². The molecule has 0 fully saturated rings. The Labute approximate surface area is 242 Å². The number of carbonyl (C=O) groups is 2. The van der Waals surface area contributed by atoms with E-state index in [-0.39, 0.29) is 47.5 Å². The second-order valence-corrected chi connectivity index (χ2v) is 10.4. The first-order chi connectivity index (χ1) is 20.2. The van der Waals surface area contributed by atoms with E-state index in [4.69, 9.17) is 5.21 Å². The van der Waals surface area contributed by atoms with Gasteiger partial charge in [-0.15, -0.1) is 0 Å². The van der Waals surface area contributed by atoms with Crippen molar-refractivity contribution in [2.45, 2.75) is 65.3 Å². The van der Waals surface area contributed by atoms with Gasteiger partial charge in [0.1, 0.15) is 17.0 Å². The van der Waals surface area contributed by atoms with Gasteiger partial charge in [0, 0.05) is 30.3 Å². The number of nitrogens with one attached hydrogen (secondary N) is 3. The van der Waals surface area contributed by atoms with Crippen LogP contribution in [0.2, 0.25) is 0 Å². The largest absolute Gasteiger partial charge is 0.356 e. The highest BCUT2D eigenvalue weighted by molar-refractivity contribution is 5.83. The summed E-state index contributed by atoms with van der Waals surface area (Å²) < 4.78 is 31.7. The van der Waals surface area contributed by atoms with Crippen LogP contribution in [0.1, 0.15) is 63.4 Å². The van der Waals surface area contributed by atoms with Crippen LogP contribution in [-0.4, -0.2) is 43.1 Å². The average Bonchev–Trinajstić information content (AvgIpc) is 3.31. The van der Waals surface area contributed by atoms with E-state index in [2.05, 4.69) is 25.6 Å². The lowest BCUT2D eigenvalue weighted by molar-refractivity contribution is -0.129. The number of hydrogen-bond donors (Lipinski definition) is 4. The molecular weight excluding hydrogens is 544 g/mol. The number of aryl methyl sites for hydroxylation is 1. The predicted molar refractivity (Wildman–Crippen MR) is 155 cm³/mol. The third kappa shape index (κ3) is 7.64. The van der Waals surface area contributed by atoms with Gasteiger partial charge in [-0.2, -0.15) is 0 Å². The minimum atomic E-state index is -0.679. The van der Waals surface area contributed by atoms with Crippen molar-refractivity contribution in [1.82, 2.24) is 30.3 Å². The number of amides is 2. The minimum Gasteiger partial charge on any atom is -0.356 e. The second kappa shape index (κ2) is 13.9. The molecule has 0 bridgehead atoms. The van der Waals surface area contributed by atoms with Crippen LogP contribution in [0.25, 0.3) is 22.3 Å². The smallest absolute Gasteiger partial charge is 0.243 e. The molecule has 4 N–H and O–H groups in total. The maximum Gasteiger partial charge on any atom is 0.243 e. The molecule has 222 valence electrons. The predicted octanol–water partition coefficient (Wildman–Crippen LogP) is 5.52. The second-order valence-electron chi connectivity index (χ2n) is 10.4. The fourth-order valence-corrected chi connectivity index (χ4v) is 4.82. The number of aromatic nitrogens is 4. The van der Waals surface area contributed by atoms with Gasteiger partial charge < -0.3 is 15.2 Å². The Balaban J connectivity index is 1.35. The standard InChI is InChI=1S/C30H35F2N7O3/c1-18(2)39-19(3)35-29-23(31)15-21(16-25(29)39)28-24(32)17-34-30(37-28)36-22-11-9-20(10-12-22)14-27(41)33-13-7-5-4-6-8-26(40)38-42/h9-12,15-18,42H,4-8,13-14H2,1-3H3,(H,33,41)(H,38,40)(H,34,36,37). The lowest BCUT2D eigenvalue weighted by atomic mass is 10.1. The molecule has 0 atom stereocenters. The molecule has 12 heteroatoms. The van der Waals surface area contributed by atoms with Crippen LogP contribution in [0.15, 0.2) is 42.6 Å². The maximum atomic E-state index is 15.0. The van der Waals surface area contributed by atoms with Gasteiger partial charge >= 0.3 is 0 Å². The number of anilines is 2. The summed E-state index contributed by atoms with van der Waals surface area (Å²) in [5, 5.41) is 14.4. The zero-order chi connectivity index (χ0) is 30.2. The van der Waals surface area contributed by atoms with Crippen LogP contribution in [-0.2, 0) is 16.0 Å². The monoisotopic (exact) mass is 579 g/mol. The summed E-state index contributed by atoms with van der Waals surface area (Å²) >= 11 is 0. The zero-order valence-corrected chi connectivity index (χ0v) is 23.9. The molecular formula is C30H35F2N7O3. The van der Waals surface area contributed by atoms with Crippen molar-refractivity contribution in [1.29, 1.82) is 0 Å². The fraction of sp³-hybridized carbons (Fsp3) is 0.367. The van der Waals surface area contributed by atoms with E-state index in [0.717, 1.165) is 31.0 Å². The van der Waals surface area contributed by atoms with Crippen molar-refractivity contribution in [3.63, 3.8) is 0 Å². The van der Waals surface area contributed by atoms with Crippen molar-refractivity contribution < 1.29 is 23.6 Å². The molecule has 0 radical (unpaired) electrons. The van der Waals surface area contributed by atoms with Crippen LogP contribution in [0, 0.1) is 18.6 Å². The number of halogens is 2. The molecule has 0 saturated carbocycles. The molecule has 4 aromatic rings. The number of rotatable bonds is 13. The van der Waals surface area contributed by atoms with Crippen molar-refractivity contribution in [3.05, 3.63) is 65.6 Å². The van der Waals surface area contributed by atoms with E-state index in [1.807, 2.05) is 18.4 Å². The summed E-state index contributed by atoms with van der Waals surface area (Å²) in [5.74, 6) is -0.913. The van der Waals surface area contributed by atoms with Crippen LogP contribution in [0.5, 0.6) is 0 Å². The summed E-state index contributed by atoms with van der Waals surface area (Å²) in [6.45, 7) is 6.29. The van der Waals surface area contributed by atoms with Gasteiger partial charge in [-0.05, 0) is 63.4 Å². The Morgan fingerprint density at radius 3 is 2.43 bits per heavy atom. The number of nitrogens with zero attached hydrogens (tertiary/aromatic N) is 4. The quantitative estimate of drug-likeness (QED) is 0.0931. The van der Waals surface area contributed by atoms with E-state index >= 15 is 0 Å². The molecule has 0 aliphatic carbocycles. The Bertz CT molecular complexity index is 1560. The number of hydrogen-bond acceptors (Lipinski definition) is 7. The summed E-state index contributed by atoms with van der Waals surface area (Å²) in [5.41, 5.74) is 4.10. The third-order valence-electron chi connectivity index (χ3n) is 6.81.